The van der Waals surface area contributed by atoms with Crippen molar-refractivity contribution in [1.29, 1.82) is 0 Å². The first-order valence-corrected chi connectivity index (χ1v) is 20.7. The molecule has 0 N–H and O–H groups in total. The molecule has 0 aromatic heterocycles. The van der Waals surface area contributed by atoms with Crippen LogP contribution < -0.4 is 0 Å². The molecule has 0 spiro atoms. The molecule has 2 atom stereocenters. The van der Waals surface area contributed by atoms with E-state index in [1.165, 1.54) is 200 Å². The van der Waals surface area contributed by atoms with Crippen LogP contribution in [-0.4, -0.2) is 58.7 Å². The lowest BCUT2D eigenvalue weighted by Gasteiger charge is -2.34. The van der Waals surface area contributed by atoms with Gasteiger partial charge in [-0.2, -0.15) is 0 Å². The van der Waals surface area contributed by atoms with Gasteiger partial charge in [-0.3, -0.25) is 0 Å². The minimum absolute atomic E-state index is 0.704. The summed E-state index contributed by atoms with van der Waals surface area (Å²) < 4.78 is 0. The average molecular weight is 705 g/mol. The quantitative estimate of drug-likeness (QED) is 0.0653. The molecule has 0 aromatic carbocycles. The van der Waals surface area contributed by atoms with Gasteiger partial charge in [0.25, 0.3) is 0 Å². The molecular weight excluding hydrogens is 632 g/mol. The highest BCUT2D eigenvalue weighted by molar-refractivity contribution is 9.09. The van der Waals surface area contributed by atoms with Gasteiger partial charge in [-0.1, -0.05) is 168 Å². The fourth-order valence-electron chi connectivity index (χ4n) is 7.35. The van der Waals surface area contributed by atoms with Crippen molar-refractivity contribution in [3.05, 3.63) is 0 Å². The van der Waals surface area contributed by atoms with Crippen LogP contribution in [0.15, 0.2) is 0 Å². The van der Waals surface area contributed by atoms with Crippen LogP contribution >= 0.6 is 31.9 Å². The second kappa shape index (κ2) is 26.1. The molecule has 2 saturated heterocycles. The van der Waals surface area contributed by atoms with Crippen molar-refractivity contribution in [2.45, 2.75) is 184 Å². The third kappa shape index (κ3) is 20.5. The Balaban J connectivity index is 1.39. The van der Waals surface area contributed by atoms with Crippen molar-refractivity contribution >= 4 is 31.9 Å². The molecule has 0 amide bonds. The zero-order valence-corrected chi connectivity index (χ0v) is 31.1. The van der Waals surface area contributed by atoms with Gasteiger partial charge in [0.15, 0.2) is 0 Å². The molecule has 2 fully saturated rings. The molecule has 0 saturated carbocycles. The van der Waals surface area contributed by atoms with Gasteiger partial charge in [0, 0.05) is 22.7 Å². The fraction of sp³-hybridized carbons (Fsp3) is 1.00. The van der Waals surface area contributed by atoms with E-state index in [1.807, 2.05) is 0 Å². The highest BCUT2D eigenvalue weighted by Crippen LogP contribution is 2.28. The average Bonchev–Trinajstić information content (AvgIpc) is 2.97. The van der Waals surface area contributed by atoms with E-state index in [-0.39, 0.29) is 0 Å². The number of nitrogens with zero attached hydrogens (tertiary/aromatic N) is 2. The van der Waals surface area contributed by atoms with Gasteiger partial charge < -0.3 is 9.80 Å². The summed E-state index contributed by atoms with van der Waals surface area (Å²) in [6.45, 7) is 12.5. The maximum absolute atomic E-state index is 4.01. The highest BCUT2D eigenvalue weighted by Gasteiger charge is 2.23. The van der Waals surface area contributed by atoms with Crippen molar-refractivity contribution in [2.24, 2.45) is 11.8 Å². The molecule has 0 aromatic rings. The van der Waals surface area contributed by atoms with Gasteiger partial charge in [-0.25, -0.2) is 0 Å². The fourth-order valence-corrected chi connectivity index (χ4v) is 8.82. The minimum Gasteiger partial charge on any atom is -0.302 e. The third-order valence-electron chi connectivity index (χ3n) is 10.3. The number of halogens is 2. The number of rotatable bonds is 26. The Hall–Kier alpha value is 0.880. The van der Waals surface area contributed by atoms with Crippen LogP contribution in [0.5, 0.6) is 0 Å². The Morgan fingerprint density at radius 2 is 0.780 bits per heavy atom. The van der Waals surface area contributed by atoms with Gasteiger partial charge >= 0.3 is 0 Å². The van der Waals surface area contributed by atoms with Gasteiger partial charge in [0.05, 0.1) is 0 Å². The van der Waals surface area contributed by atoms with E-state index in [2.05, 4.69) is 55.5 Å². The van der Waals surface area contributed by atoms with E-state index in [9.17, 15) is 0 Å². The molecule has 0 bridgehead atoms. The van der Waals surface area contributed by atoms with Crippen molar-refractivity contribution in [2.75, 3.05) is 39.3 Å². The normalized spacial score (nSPS) is 19.6. The second-order valence-electron chi connectivity index (χ2n) is 14.1. The zero-order chi connectivity index (χ0) is 29.4. The first kappa shape index (κ1) is 38.1. The summed E-state index contributed by atoms with van der Waals surface area (Å²) in [5.41, 5.74) is 0. The molecule has 41 heavy (non-hydrogen) atoms. The summed E-state index contributed by atoms with van der Waals surface area (Å²) in [5, 5.41) is 0. The first-order chi connectivity index (χ1) is 20.1. The Bertz CT molecular complexity index is 509. The number of piperidine rings is 2. The van der Waals surface area contributed by atoms with Crippen LogP contribution in [0.1, 0.15) is 174 Å². The van der Waals surface area contributed by atoms with E-state index < -0.39 is 0 Å². The molecule has 2 rings (SSSR count). The van der Waals surface area contributed by atoms with E-state index in [1.54, 1.807) is 0 Å². The molecule has 2 nitrogen and oxygen atoms in total. The SMILES string of the molecule is CCCCCCCCCCC(Br)CN1CCC(CCCC2CCN(CC(Br)CCCCCCCCCC)CC2)CC1. The minimum atomic E-state index is 0.704. The smallest absolute Gasteiger partial charge is 0.0273 e. The molecule has 2 aliphatic rings. The number of hydrogen-bond donors (Lipinski definition) is 0. The molecule has 2 aliphatic heterocycles. The first-order valence-electron chi connectivity index (χ1n) is 18.8. The Labute approximate surface area is 275 Å². The van der Waals surface area contributed by atoms with Gasteiger partial charge in [0.1, 0.15) is 0 Å². The summed E-state index contributed by atoms with van der Waals surface area (Å²) in [7, 11) is 0. The molecular formula is C37H72Br2N2. The summed E-state index contributed by atoms with van der Waals surface area (Å²) in [4.78, 5) is 6.91. The second-order valence-corrected chi connectivity index (χ2v) is 16.7. The predicted octanol–water partition coefficient (Wildman–Crippen LogP) is 12.2. The van der Waals surface area contributed by atoms with Crippen LogP contribution in [0.3, 0.4) is 0 Å². The molecule has 0 radical (unpaired) electrons. The summed E-state index contributed by atoms with van der Waals surface area (Å²) >= 11 is 8.03. The standard InChI is InChI=1S/C37H72Br2N2/c1-3-5-7-9-11-13-15-17-22-36(38)32-40-28-24-34(25-29-40)20-19-21-35-26-30-41(31-27-35)33-37(39)23-18-16-14-12-10-8-6-4-2/h34-37H,3-33H2,1-2H3. The van der Waals surface area contributed by atoms with E-state index >= 15 is 0 Å². The maximum Gasteiger partial charge on any atom is 0.0273 e. The van der Waals surface area contributed by atoms with Crippen LogP contribution in [0.2, 0.25) is 0 Å². The number of alkyl halides is 2. The highest BCUT2D eigenvalue weighted by atomic mass is 79.9. The topological polar surface area (TPSA) is 6.48 Å². The van der Waals surface area contributed by atoms with Gasteiger partial charge in [-0.05, 0) is 76.5 Å². The van der Waals surface area contributed by atoms with Crippen LogP contribution in [0.4, 0.5) is 0 Å². The monoisotopic (exact) mass is 702 g/mol. The lowest BCUT2D eigenvalue weighted by molar-refractivity contribution is 0.162. The van der Waals surface area contributed by atoms with Crippen LogP contribution in [0.25, 0.3) is 0 Å². The summed E-state index contributed by atoms with van der Waals surface area (Å²) in [5.74, 6) is 2.00. The molecule has 244 valence electrons. The van der Waals surface area contributed by atoms with E-state index in [4.69, 9.17) is 0 Å². The molecule has 0 aliphatic carbocycles. The molecule has 4 heteroatoms. The summed E-state index contributed by atoms with van der Waals surface area (Å²) in [6, 6.07) is 0. The van der Waals surface area contributed by atoms with Crippen LogP contribution in [0, 0.1) is 11.8 Å². The lowest BCUT2D eigenvalue weighted by atomic mass is 9.86. The van der Waals surface area contributed by atoms with Crippen LogP contribution in [-0.2, 0) is 0 Å². The largest absolute Gasteiger partial charge is 0.302 e. The molecule has 2 unspecified atom stereocenters. The number of unbranched alkanes of at least 4 members (excludes halogenated alkanes) is 14. The lowest BCUT2D eigenvalue weighted by Crippen LogP contribution is -2.38. The van der Waals surface area contributed by atoms with Crippen molar-refractivity contribution in [3.8, 4) is 0 Å². The Morgan fingerprint density at radius 1 is 0.463 bits per heavy atom. The Kier molecular flexibility index (Phi) is 24.3. The predicted molar refractivity (Wildman–Crippen MR) is 192 cm³/mol. The van der Waals surface area contributed by atoms with Gasteiger partial charge in [0.2, 0.25) is 0 Å². The number of hydrogen-bond acceptors (Lipinski definition) is 2. The van der Waals surface area contributed by atoms with Gasteiger partial charge in [-0.15, -0.1) is 0 Å². The third-order valence-corrected chi connectivity index (χ3v) is 11.8. The zero-order valence-electron chi connectivity index (χ0n) is 27.9. The van der Waals surface area contributed by atoms with Crippen molar-refractivity contribution < 1.29 is 0 Å². The molecule has 2 heterocycles. The maximum atomic E-state index is 4.01. The summed E-state index contributed by atoms with van der Waals surface area (Å²) in [6.07, 6.45) is 35.9. The Morgan fingerprint density at radius 3 is 1.12 bits per heavy atom. The number of likely N-dealkylation sites (tertiary alicyclic amines) is 2. The van der Waals surface area contributed by atoms with Crippen molar-refractivity contribution in [1.82, 2.24) is 9.80 Å². The van der Waals surface area contributed by atoms with Crippen molar-refractivity contribution in [3.63, 3.8) is 0 Å². The van der Waals surface area contributed by atoms with E-state index in [0.29, 0.717) is 9.65 Å². The van der Waals surface area contributed by atoms with E-state index in [0.717, 1.165) is 11.8 Å².